The number of nitrogens with one attached hydrogen (secondary N) is 1. The minimum atomic E-state index is -0.308. The Balaban J connectivity index is 2.16. The van der Waals surface area contributed by atoms with Crippen LogP contribution in [0.5, 0.6) is 17.2 Å². The average Bonchev–Trinajstić information content (AvgIpc) is 2.65. The molecule has 0 heterocycles. The normalized spacial score (nSPS) is 16.5. The largest absolute Gasteiger partial charge is 0.490 e. The highest BCUT2D eigenvalue weighted by molar-refractivity contribution is 5.95. The lowest BCUT2D eigenvalue weighted by atomic mass is 9.96. The number of hydrogen-bond acceptors (Lipinski definition) is 5. The van der Waals surface area contributed by atoms with Crippen molar-refractivity contribution in [2.75, 3.05) is 19.8 Å². The van der Waals surface area contributed by atoms with Gasteiger partial charge in [0, 0.05) is 11.8 Å². The van der Waals surface area contributed by atoms with Gasteiger partial charge in [0.1, 0.15) is 0 Å². The first kappa shape index (κ1) is 19.8. The van der Waals surface area contributed by atoms with Gasteiger partial charge >= 0.3 is 0 Å². The topological polar surface area (TPSA) is 69.2 Å². The highest BCUT2D eigenvalue weighted by atomic mass is 16.5. The third-order valence-corrected chi connectivity index (χ3v) is 3.93. The Morgan fingerprint density at radius 1 is 1.12 bits per heavy atom. The van der Waals surface area contributed by atoms with Gasteiger partial charge in [0.25, 0.3) is 5.91 Å². The van der Waals surface area contributed by atoms with Crippen LogP contribution in [0.2, 0.25) is 0 Å². The fraction of sp³-hybridized carbons (Fsp3) is 0.500. The van der Waals surface area contributed by atoms with E-state index in [0.717, 1.165) is 19.3 Å². The third-order valence-electron chi connectivity index (χ3n) is 3.93. The van der Waals surface area contributed by atoms with Crippen molar-refractivity contribution in [2.45, 2.75) is 40.0 Å². The molecule has 0 saturated heterocycles. The maximum Gasteiger partial charge on any atom is 0.271 e. The Morgan fingerprint density at radius 2 is 1.77 bits per heavy atom. The zero-order valence-electron chi connectivity index (χ0n) is 15.8. The van der Waals surface area contributed by atoms with Gasteiger partial charge in [-0.05, 0) is 58.1 Å². The molecule has 0 aliphatic heterocycles. The van der Waals surface area contributed by atoms with Crippen molar-refractivity contribution < 1.29 is 19.0 Å². The van der Waals surface area contributed by atoms with Crippen LogP contribution in [0.4, 0.5) is 0 Å². The Morgan fingerprint density at radius 3 is 2.31 bits per heavy atom. The van der Waals surface area contributed by atoms with Gasteiger partial charge in [-0.15, -0.1) is 0 Å². The van der Waals surface area contributed by atoms with Gasteiger partial charge in [0.2, 0.25) is 5.75 Å². The lowest BCUT2D eigenvalue weighted by molar-refractivity contribution is 0.0953. The second-order valence-electron chi connectivity index (χ2n) is 5.86. The predicted octanol–water partition coefficient (Wildman–Crippen LogP) is 3.95. The molecule has 0 saturated carbocycles. The number of carbonyl (C=O) groups is 1. The van der Waals surface area contributed by atoms with Gasteiger partial charge in [0.15, 0.2) is 11.5 Å². The van der Waals surface area contributed by atoms with E-state index in [0.29, 0.717) is 48.6 Å². The van der Waals surface area contributed by atoms with Crippen molar-refractivity contribution in [1.82, 2.24) is 5.43 Å². The molecule has 142 valence electrons. The molecule has 6 nitrogen and oxygen atoms in total. The minimum absolute atomic E-state index is 0.308. The summed E-state index contributed by atoms with van der Waals surface area (Å²) in [6.07, 6.45) is 9.21. The number of allylic oxidation sites excluding steroid dienone is 2. The Kier molecular flexibility index (Phi) is 7.99. The van der Waals surface area contributed by atoms with E-state index in [9.17, 15) is 4.79 Å². The van der Waals surface area contributed by atoms with Crippen LogP contribution < -0.4 is 19.6 Å². The van der Waals surface area contributed by atoms with Crippen molar-refractivity contribution >= 4 is 12.1 Å². The van der Waals surface area contributed by atoms with Crippen LogP contribution in [0.3, 0.4) is 0 Å². The maximum atomic E-state index is 12.5. The standard InChI is InChI=1S/C20H28N2O4/c1-4-24-17-12-16(13-18(25-5-2)19(17)26-6-3)20(23)22-21-14-15-10-8-7-9-11-15/h7-8,12-15H,4-6,9-11H2,1-3H3,(H,22,23). The molecule has 26 heavy (non-hydrogen) atoms. The molecule has 1 amide bonds. The Bertz CT molecular complexity index is 628. The molecule has 1 unspecified atom stereocenters. The molecule has 1 aliphatic carbocycles. The zero-order chi connectivity index (χ0) is 18.8. The summed E-state index contributed by atoms with van der Waals surface area (Å²) in [4.78, 5) is 12.5. The quantitative estimate of drug-likeness (QED) is 0.411. The lowest BCUT2D eigenvalue weighted by Crippen LogP contribution is -2.19. The van der Waals surface area contributed by atoms with Gasteiger partial charge < -0.3 is 14.2 Å². The van der Waals surface area contributed by atoms with E-state index in [1.165, 1.54) is 0 Å². The molecular formula is C20H28N2O4. The van der Waals surface area contributed by atoms with Crippen LogP contribution in [0.15, 0.2) is 29.4 Å². The van der Waals surface area contributed by atoms with Crippen molar-refractivity contribution in [2.24, 2.45) is 11.0 Å². The maximum absolute atomic E-state index is 12.5. The first-order valence-corrected chi connectivity index (χ1v) is 9.24. The van der Waals surface area contributed by atoms with E-state index >= 15 is 0 Å². The zero-order valence-corrected chi connectivity index (χ0v) is 15.8. The number of ether oxygens (including phenoxy) is 3. The van der Waals surface area contributed by atoms with E-state index in [4.69, 9.17) is 14.2 Å². The molecule has 0 radical (unpaired) electrons. The molecule has 0 bridgehead atoms. The summed E-state index contributed by atoms with van der Waals surface area (Å²) in [5, 5.41) is 4.11. The van der Waals surface area contributed by atoms with E-state index in [-0.39, 0.29) is 5.91 Å². The summed E-state index contributed by atoms with van der Waals surface area (Å²) in [5.74, 6) is 1.57. The number of nitrogens with zero attached hydrogens (tertiary/aromatic N) is 1. The first-order valence-electron chi connectivity index (χ1n) is 9.24. The highest BCUT2D eigenvalue weighted by Crippen LogP contribution is 2.39. The molecular weight excluding hydrogens is 332 g/mol. The Hall–Kier alpha value is -2.50. The smallest absolute Gasteiger partial charge is 0.271 e. The molecule has 1 aromatic rings. The average molecular weight is 360 g/mol. The number of hydrazone groups is 1. The molecule has 0 aromatic heterocycles. The SMILES string of the molecule is CCOc1cc(C(=O)NN=CC2CC=CCC2)cc(OCC)c1OCC. The van der Waals surface area contributed by atoms with E-state index in [1.54, 1.807) is 12.1 Å². The lowest BCUT2D eigenvalue weighted by Gasteiger charge is -2.16. The molecule has 1 atom stereocenters. The molecule has 1 N–H and O–H groups in total. The first-order chi connectivity index (χ1) is 12.7. The molecule has 0 fully saturated rings. The predicted molar refractivity (Wildman–Crippen MR) is 102 cm³/mol. The fourth-order valence-electron chi connectivity index (χ4n) is 2.74. The van der Waals surface area contributed by atoms with E-state index < -0.39 is 0 Å². The second-order valence-corrected chi connectivity index (χ2v) is 5.86. The van der Waals surface area contributed by atoms with Crippen molar-refractivity contribution in [3.05, 3.63) is 29.8 Å². The van der Waals surface area contributed by atoms with Crippen LogP contribution in [-0.4, -0.2) is 31.9 Å². The molecule has 1 aromatic carbocycles. The summed E-state index contributed by atoms with van der Waals surface area (Å²) in [7, 11) is 0. The van der Waals surface area contributed by atoms with E-state index in [2.05, 4.69) is 22.7 Å². The monoisotopic (exact) mass is 360 g/mol. The van der Waals surface area contributed by atoms with E-state index in [1.807, 2.05) is 27.0 Å². The molecule has 1 aliphatic rings. The number of carbonyl (C=O) groups excluding carboxylic acids is 1. The molecule has 2 rings (SSSR count). The van der Waals surface area contributed by atoms with Gasteiger partial charge in [-0.25, -0.2) is 5.43 Å². The third kappa shape index (κ3) is 5.51. The number of hydrogen-bond donors (Lipinski definition) is 1. The number of amides is 1. The summed E-state index contributed by atoms with van der Waals surface area (Å²) < 4.78 is 16.9. The fourth-order valence-corrected chi connectivity index (χ4v) is 2.74. The second kappa shape index (κ2) is 10.5. The Labute approximate surface area is 155 Å². The van der Waals surface area contributed by atoms with Gasteiger partial charge in [-0.2, -0.15) is 5.10 Å². The van der Waals surface area contributed by atoms with Crippen LogP contribution >= 0.6 is 0 Å². The number of rotatable bonds is 9. The van der Waals surface area contributed by atoms with Crippen molar-refractivity contribution in [1.29, 1.82) is 0 Å². The van der Waals surface area contributed by atoms with Gasteiger partial charge in [0.05, 0.1) is 19.8 Å². The van der Waals surface area contributed by atoms with Crippen LogP contribution in [0.1, 0.15) is 50.4 Å². The molecule has 0 spiro atoms. The van der Waals surface area contributed by atoms with Crippen LogP contribution in [0.25, 0.3) is 0 Å². The summed E-state index contributed by atoms with van der Waals surface area (Å²) >= 11 is 0. The molecule has 6 heteroatoms. The summed E-state index contributed by atoms with van der Waals surface area (Å²) in [5.41, 5.74) is 3.01. The van der Waals surface area contributed by atoms with Gasteiger partial charge in [-0.3, -0.25) is 4.79 Å². The highest BCUT2D eigenvalue weighted by Gasteiger charge is 2.18. The number of benzene rings is 1. The van der Waals surface area contributed by atoms with Crippen molar-refractivity contribution in [3.63, 3.8) is 0 Å². The van der Waals surface area contributed by atoms with Crippen LogP contribution in [-0.2, 0) is 0 Å². The van der Waals surface area contributed by atoms with Gasteiger partial charge in [-0.1, -0.05) is 12.2 Å². The summed E-state index contributed by atoms with van der Waals surface area (Å²) in [6, 6.07) is 3.32. The minimum Gasteiger partial charge on any atom is -0.490 e. The van der Waals surface area contributed by atoms with Crippen molar-refractivity contribution in [3.8, 4) is 17.2 Å². The van der Waals surface area contributed by atoms with Crippen LogP contribution in [0, 0.1) is 5.92 Å². The summed E-state index contributed by atoms with van der Waals surface area (Å²) in [6.45, 7) is 7.05.